The summed E-state index contributed by atoms with van der Waals surface area (Å²) in [6.07, 6.45) is -0.777. The van der Waals surface area contributed by atoms with E-state index in [9.17, 15) is 9.59 Å². The van der Waals surface area contributed by atoms with Gasteiger partial charge in [-0.1, -0.05) is 24.3 Å². The quantitative estimate of drug-likeness (QED) is 0.682. The largest absolute Gasteiger partial charge is 0.490 e. The summed E-state index contributed by atoms with van der Waals surface area (Å²) in [5.74, 6) is 0.669. The molecule has 0 unspecified atom stereocenters. The van der Waals surface area contributed by atoms with Gasteiger partial charge in [0.15, 0.2) is 24.2 Å². The standard InChI is InChI=1S/C21H26N2O5/c1-5-26-18-10-6-7-11-19(18)27-13-20(24)22-23-21(25)16(4)28-17-12-8-9-14(2)15(17)3/h6-12,16H,5,13H2,1-4H3,(H,22,24)(H,23,25)/t16-/m0/s1. The van der Waals surface area contributed by atoms with E-state index in [-0.39, 0.29) is 6.61 Å². The van der Waals surface area contributed by atoms with Crippen molar-refractivity contribution in [3.05, 3.63) is 53.6 Å². The molecule has 7 heteroatoms. The van der Waals surface area contributed by atoms with Gasteiger partial charge < -0.3 is 14.2 Å². The van der Waals surface area contributed by atoms with Crippen LogP contribution in [0.4, 0.5) is 0 Å². The molecule has 2 N–H and O–H groups in total. The molecule has 2 rings (SSSR count). The Hall–Kier alpha value is -3.22. The number of hydrogen-bond acceptors (Lipinski definition) is 5. The molecule has 0 heterocycles. The minimum Gasteiger partial charge on any atom is -0.490 e. The molecule has 0 radical (unpaired) electrons. The Balaban J connectivity index is 1.80. The van der Waals surface area contributed by atoms with Crippen molar-refractivity contribution < 1.29 is 23.8 Å². The third-order valence-corrected chi connectivity index (χ3v) is 4.06. The number of rotatable bonds is 8. The average molecular weight is 386 g/mol. The summed E-state index contributed by atoms with van der Waals surface area (Å²) in [5, 5.41) is 0. The number of hydrogen-bond donors (Lipinski definition) is 2. The van der Waals surface area contributed by atoms with Gasteiger partial charge in [-0.3, -0.25) is 20.4 Å². The molecule has 0 fully saturated rings. The zero-order chi connectivity index (χ0) is 20.5. The number of carbonyl (C=O) groups excluding carboxylic acids is 2. The van der Waals surface area contributed by atoms with Crippen LogP contribution in [0.25, 0.3) is 0 Å². The summed E-state index contributed by atoms with van der Waals surface area (Å²) >= 11 is 0. The second kappa shape index (κ2) is 10.2. The molecule has 0 spiro atoms. The second-order valence-corrected chi connectivity index (χ2v) is 6.16. The monoisotopic (exact) mass is 386 g/mol. The molecule has 0 aliphatic heterocycles. The van der Waals surface area contributed by atoms with Crippen LogP contribution in [0.3, 0.4) is 0 Å². The van der Waals surface area contributed by atoms with Gasteiger partial charge in [0.2, 0.25) is 0 Å². The molecule has 150 valence electrons. The maximum absolute atomic E-state index is 12.1. The number of benzene rings is 2. The Morgan fingerprint density at radius 1 is 0.929 bits per heavy atom. The van der Waals surface area contributed by atoms with Gasteiger partial charge in [-0.15, -0.1) is 0 Å². The van der Waals surface area contributed by atoms with Crippen LogP contribution in [-0.4, -0.2) is 31.1 Å². The number of amides is 2. The molecule has 7 nitrogen and oxygen atoms in total. The molecular formula is C21H26N2O5. The predicted octanol–water partition coefficient (Wildman–Crippen LogP) is 2.70. The summed E-state index contributed by atoms with van der Waals surface area (Å²) in [7, 11) is 0. The van der Waals surface area contributed by atoms with Gasteiger partial charge in [-0.05, 0) is 57.0 Å². The molecule has 0 aliphatic rings. The van der Waals surface area contributed by atoms with Gasteiger partial charge >= 0.3 is 0 Å². The molecule has 2 amide bonds. The number of hydrazine groups is 1. The molecule has 0 aliphatic carbocycles. The average Bonchev–Trinajstić information content (AvgIpc) is 2.69. The lowest BCUT2D eigenvalue weighted by Crippen LogP contribution is -2.48. The van der Waals surface area contributed by atoms with Crippen molar-refractivity contribution in [3.63, 3.8) is 0 Å². The van der Waals surface area contributed by atoms with E-state index in [4.69, 9.17) is 14.2 Å². The van der Waals surface area contributed by atoms with Crippen molar-refractivity contribution >= 4 is 11.8 Å². The molecule has 2 aromatic rings. The first-order chi connectivity index (χ1) is 13.4. The van der Waals surface area contributed by atoms with Crippen LogP contribution in [0.15, 0.2) is 42.5 Å². The fourth-order valence-corrected chi connectivity index (χ4v) is 2.35. The third kappa shape index (κ3) is 5.90. The SMILES string of the molecule is CCOc1ccccc1OCC(=O)NNC(=O)[C@H](C)Oc1cccc(C)c1C. The number of carbonyl (C=O) groups is 2. The van der Waals surface area contributed by atoms with Crippen LogP contribution < -0.4 is 25.1 Å². The molecule has 0 aromatic heterocycles. The van der Waals surface area contributed by atoms with Crippen LogP contribution in [0.2, 0.25) is 0 Å². The fourth-order valence-electron chi connectivity index (χ4n) is 2.35. The van der Waals surface area contributed by atoms with Crippen molar-refractivity contribution in [2.45, 2.75) is 33.8 Å². The van der Waals surface area contributed by atoms with E-state index in [1.54, 1.807) is 31.2 Å². The Labute approximate surface area is 165 Å². The van der Waals surface area contributed by atoms with E-state index in [1.165, 1.54) is 0 Å². The number of ether oxygens (including phenoxy) is 3. The third-order valence-electron chi connectivity index (χ3n) is 4.06. The maximum Gasteiger partial charge on any atom is 0.279 e. The van der Waals surface area contributed by atoms with E-state index < -0.39 is 17.9 Å². The van der Waals surface area contributed by atoms with Gasteiger partial charge in [0.25, 0.3) is 11.8 Å². The minimum absolute atomic E-state index is 0.267. The van der Waals surface area contributed by atoms with Crippen LogP contribution in [0.5, 0.6) is 17.2 Å². The predicted molar refractivity (Wildman–Crippen MR) is 105 cm³/mol. The maximum atomic E-state index is 12.1. The summed E-state index contributed by atoms with van der Waals surface area (Å²) in [6, 6.07) is 12.7. The Morgan fingerprint density at radius 2 is 1.57 bits per heavy atom. The Bertz CT molecular complexity index is 822. The minimum atomic E-state index is -0.777. The van der Waals surface area contributed by atoms with Crippen molar-refractivity contribution in [1.82, 2.24) is 10.9 Å². The molecular weight excluding hydrogens is 360 g/mol. The topological polar surface area (TPSA) is 85.9 Å². The lowest BCUT2D eigenvalue weighted by molar-refractivity contribution is -0.133. The highest BCUT2D eigenvalue weighted by molar-refractivity contribution is 5.85. The first-order valence-corrected chi connectivity index (χ1v) is 9.08. The molecule has 0 bridgehead atoms. The first-order valence-electron chi connectivity index (χ1n) is 9.08. The Kier molecular flexibility index (Phi) is 7.68. The normalized spacial score (nSPS) is 11.3. The zero-order valence-corrected chi connectivity index (χ0v) is 16.6. The number of para-hydroxylation sites is 2. The van der Waals surface area contributed by atoms with E-state index >= 15 is 0 Å². The summed E-state index contributed by atoms with van der Waals surface area (Å²) in [4.78, 5) is 24.1. The molecule has 1 atom stereocenters. The van der Waals surface area contributed by atoms with Crippen molar-refractivity contribution in [2.24, 2.45) is 0 Å². The molecule has 28 heavy (non-hydrogen) atoms. The lowest BCUT2D eigenvalue weighted by Gasteiger charge is -2.17. The smallest absolute Gasteiger partial charge is 0.279 e. The number of nitrogens with one attached hydrogen (secondary N) is 2. The van der Waals surface area contributed by atoms with Gasteiger partial charge in [0.05, 0.1) is 6.61 Å². The van der Waals surface area contributed by atoms with Gasteiger partial charge in [-0.2, -0.15) is 0 Å². The lowest BCUT2D eigenvalue weighted by atomic mass is 10.1. The highest BCUT2D eigenvalue weighted by Gasteiger charge is 2.17. The van der Waals surface area contributed by atoms with Crippen LogP contribution in [0, 0.1) is 13.8 Å². The molecule has 0 saturated carbocycles. The Morgan fingerprint density at radius 3 is 2.25 bits per heavy atom. The van der Waals surface area contributed by atoms with Crippen molar-refractivity contribution in [3.8, 4) is 17.2 Å². The van der Waals surface area contributed by atoms with E-state index in [2.05, 4.69) is 10.9 Å². The van der Waals surface area contributed by atoms with Gasteiger partial charge in [0, 0.05) is 0 Å². The van der Waals surface area contributed by atoms with Gasteiger partial charge in [0.1, 0.15) is 5.75 Å². The molecule has 2 aromatic carbocycles. The van der Waals surface area contributed by atoms with Crippen LogP contribution in [-0.2, 0) is 9.59 Å². The first kappa shape index (κ1) is 21.1. The van der Waals surface area contributed by atoms with E-state index in [0.29, 0.717) is 23.9 Å². The highest BCUT2D eigenvalue weighted by atomic mass is 16.5. The zero-order valence-electron chi connectivity index (χ0n) is 16.6. The summed E-state index contributed by atoms with van der Waals surface area (Å²) in [6.45, 7) is 7.58. The van der Waals surface area contributed by atoms with Gasteiger partial charge in [-0.25, -0.2) is 0 Å². The summed E-state index contributed by atoms with van der Waals surface area (Å²) in [5.41, 5.74) is 6.69. The highest BCUT2D eigenvalue weighted by Crippen LogP contribution is 2.26. The number of aryl methyl sites for hydroxylation is 1. The van der Waals surface area contributed by atoms with Crippen LogP contribution in [0.1, 0.15) is 25.0 Å². The van der Waals surface area contributed by atoms with Crippen molar-refractivity contribution in [2.75, 3.05) is 13.2 Å². The molecule has 0 saturated heterocycles. The summed E-state index contributed by atoms with van der Waals surface area (Å²) < 4.78 is 16.6. The van der Waals surface area contributed by atoms with E-state index in [1.807, 2.05) is 39.0 Å². The second-order valence-electron chi connectivity index (χ2n) is 6.16. The van der Waals surface area contributed by atoms with E-state index in [0.717, 1.165) is 11.1 Å². The van der Waals surface area contributed by atoms with Crippen molar-refractivity contribution in [1.29, 1.82) is 0 Å². The van der Waals surface area contributed by atoms with Crippen LogP contribution >= 0.6 is 0 Å². The fraction of sp³-hybridized carbons (Fsp3) is 0.333.